The number of amides is 2. The van der Waals surface area contributed by atoms with Crippen molar-refractivity contribution in [1.29, 1.82) is 0 Å². The van der Waals surface area contributed by atoms with Crippen molar-refractivity contribution >= 4 is 17.6 Å². The van der Waals surface area contributed by atoms with Crippen LogP contribution in [-0.4, -0.2) is 67.1 Å². The quantitative estimate of drug-likeness (QED) is 0.712. The summed E-state index contributed by atoms with van der Waals surface area (Å²) in [6, 6.07) is 7.69. The minimum Gasteiger partial charge on any atom is -0.489 e. The van der Waals surface area contributed by atoms with E-state index in [-0.39, 0.29) is 37.3 Å². The smallest absolute Gasteiger partial charge is 0.239 e. The van der Waals surface area contributed by atoms with Crippen LogP contribution in [0.15, 0.2) is 34.9 Å². The number of rotatable bonds is 9. The van der Waals surface area contributed by atoms with Crippen molar-refractivity contribution in [3.05, 3.63) is 41.9 Å². The van der Waals surface area contributed by atoms with Gasteiger partial charge >= 0.3 is 0 Å². The van der Waals surface area contributed by atoms with Crippen LogP contribution in [-0.2, 0) is 9.59 Å². The summed E-state index contributed by atoms with van der Waals surface area (Å²) in [7, 11) is 3.29. The molecule has 1 aromatic carbocycles. The normalized spacial score (nSPS) is 10.7. The van der Waals surface area contributed by atoms with Gasteiger partial charge in [-0.15, -0.1) is 0 Å². The average molecular weight is 378 g/mol. The molecule has 0 aliphatic carbocycles. The molecule has 0 saturated carbocycles. The molecule has 0 unspecified atom stereocenters. The minimum absolute atomic E-state index is 0.0250. The number of carbonyl (C=O) groups is 2. The van der Waals surface area contributed by atoms with E-state index in [0.29, 0.717) is 18.1 Å². The Balaban J connectivity index is 1.69. The molecule has 27 heavy (non-hydrogen) atoms. The predicted molar refractivity (Wildman–Crippen MR) is 96.9 cm³/mol. The number of ether oxygens (including phenoxy) is 1. The van der Waals surface area contributed by atoms with E-state index < -0.39 is 5.82 Å². The third-order valence-corrected chi connectivity index (χ3v) is 3.66. The molecule has 0 radical (unpaired) electrons. The van der Waals surface area contributed by atoms with Gasteiger partial charge < -0.3 is 19.5 Å². The summed E-state index contributed by atoms with van der Waals surface area (Å²) in [6.07, 6.45) is 0. The fraction of sp³-hybridized carbons (Fsp3) is 0.389. The van der Waals surface area contributed by atoms with Gasteiger partial charge in [0, 0.05) is 13.1 Å². The molecule has 2 aromatic rings. The van der Waals surface area contributed by atoms with E-state index in [9.17, 15) is 14.0 Å². The largest absolute Gasteiger partial charge is 0.489 e. The first-order valence-corrected chi connectivity index (χ1v) is 8.38. The lowest BCUT2D eigenvalue weighted by atomic mass is 10.3. The number of nitrogens with zero attached hydrogens (tertiary/aromatic N) is 3. The average Bonchev–Trinajstić information content (AvgIpc) is 3.00. The SMILES string of the molecule is Cc1cc(NC(=O)CN(C)CC(=O)N(C)CCOc2ccccc2F)no1. The number of nitrogens with one attached hydrogen (secondary N) is 1. The Kier molecular flexibility index (Phi) is 7.30. The zero-order chi connectivity index (χ0) is 19.8. The second-order valence-electron chi connectivity index (χ2n) is 6.14. The van der Waals surface area contributed by atoms with E-state index in [1.165, 1.54) is 17.0 Å². The Morgan fingerprint density at radius 2 is 2.00 bits per heavy atom. The molecule has 0 aliphatic heterocycles. The molecule has 0 bridgehead atoms. The maximum absolute atomic E-state index is 13.5. The zero-order valence-corrected chi connectivity index (χ0v) is 15.6. The molecular formula is C18H23FN4O4. The number of anilines is 1. The number of likely N-dealkylation sites (N-methyl/N-ethyl adjacent to an activating group) is 2. The van der Waals surface area contributed by atoms with E-state index in [4.69, 9.17) is 9.26 Å². The second-order valence-corrected chi connectivity index (χ2v) is 6.14. The summed E-state index contributed by atoms with van der Waals surface area (Å²) >= 11 is 0. The summed E-state index contributed by atoms with van der Waals surface area (Å²) in [5, 5.41) is 6.26. The van der Waals surface area contributed by atoms with E-state index in [2.05, 4.69) is 10.5 Å². The first kappa shape index (κ1) is 20.4. The lowest BCUT2D eigenvalue weighted by Crippen LogP contribution is -2.41. The van der Waals surface area contributed by atoms with Crippen molar-refractivity contribution in [2.24, 2.45) is 0 Å². The van der Waals surface area contributed by atoms with Crippen molar-refractivity contribution in [3.8, 4) is 5.75 Å². The summed E-state index contributed by atoms with van der Waals surface area (Å²) in [4.78, 5) is 27.2. The molecule has 0 saturated heterocycles. The first-order valence-electron chi connectivity index (χ1n) is 8.38. The molecular weight excluding hydrogens is 355 g/mol. The Morgan fingerprint density at radius 3 is 2.67 bits per heavy atom. The van der Waals surface area contributed by atoms with Crippen molar-refractivity contribution in [2.75, 3.05) is 45.7 Å². The molecule has 9 heteroatoms. The van der Waals surface area contributed by atoms with Crippen molar-refractivity contribution in [2.45, 2.75) is 6.92 Å². The van der Waals surface area contributed by atoms with Crippen LogP contribution in [0.2, 0.25) is 0 Å². The number of hydrogen-bond acceptors (Lipinski definition) is 6. The highest BCUT2D eigenvalue weighted by Crippen LogP contribution is 2.15. The molecule has 0 aliphatic rings. The summed E-state index contributed by atoms with van der Waals surface area (Å²) in [5.74, 6) is 0.145. The van der Waals surface area contributed by atoms with Gasteiger partial charge in [0.2, 0.25) is 11.8 Å². The zero-order valence-electron chi connectivity index (χ0n) is 15.6. The molecule has 2 amide bonds. The fourth-order valence-corrected chi connectivity index (χ4v) is 2.24. The number of hydrogen-bond donors (Lipinski definition) is 1. The van der Waals surface area contributed by atoms with Gasteiger partial charge in [-0.05, 0) is 26.1 Å². The van der Waals surface area contributed by atoms with Crippen LogP contribution in [0.4, 0.5) is 10.2 Å². The maximum atomic E-state index is 13.5. The number of halogens is 1. The highest BCUT2D eigenvalue weighted by Gasteiger charge is 2.15. The Labute approximate surface area is 156 Å². The highest BCUT2D eigenvalue weighted by molar-refractivity contribution is 5.91. The summed E-state index contributed by atoms with van der Waals surface area (Å²) in [6.45, 7) is 2.27. The van der Waals surface area contributed by atoms with Gasteiger partial charge in [0.15, 0.2) is 17.4 Å². The second kappa shape index (κ2) is 9.67. The van der Waals surface area contributed by atoms with Crippen LogP contribution < -0.4 is 10.1 Å². The molecule has 1 aromatic heterocycles. The molecule has 1 N–H and O–H groups in total. The van der Waals surface area contributed by atoms with Gasteiger partial charge in [-0.2, -0.15) is 0 Å². The standard InChI is InChI=1S/C18H23FN4O4/c1-13-10-16(21-27-13)20-17(24)11-22(2)12-18(25)23(3)8-9-26-15-7-5-4-6-14(15)19/h4-7,10H,8-9,11-12H2,1-3H3,(H,20,21,24). The minimum atomic E-state index is -0.445. The Hall–Kier alpha value is -2.94. The molecule has 1 heterocycles. The van der Waals surface area contributed by atoms with Crippen LogP contribution in [0.5, 0.6) is 5.75 Å². The van der Waals surface area contributed by atoms with Gasteiger partial charge in [0.25, 0.3) is 0 Å². The highest BCUT2D eigenvalue weighted by atomic mass is 19.1. The van der Waals surface area contributed by atoms with Gasteiger partial charge in [0.05, 0.1) is 19.6 Å². The number of aromatic nitrogens is 1. The third kappa shape index (κ3) is 6.70. The van der Waals surface area contributed by atoms with Gasteiger partial charge in [-0.3, -0.25) is 14.5 Å². The van der Waals surface area contributed by atoms with E-state index in [1.54, 1.807) is 44.1 Å². The Morgan fingerprint density at radius 1 is 1.26 bits per heavy atom. The van der Waals surface area contributed by atoms with Gasteiger partial charge in [-0.25, -0.2) is 4.39 Å². The van der Waals surface area contributed by atoms with E-state index >= 15 is 0 Å². The van der Waals surface area contributed by atoms with Crippen molar-refractivity contribution < 1.29 is 23.2 Å². The topological polar surface area (TPSA) is 87.9 Å². The molecule has 146 valence electrons. The molecule has 8 nitrogen and oxygen atoms in total. The number of benzene rings is 1. The van der Waals surface area contributed by atoms with Crippen LogP contribution in [0.1, 0.15) is 5.76 Å². The Bertz CT molecular complexity index is 780. The maximum Gasteiger partial charge on any atom is 0.239 e. The molecule has 0 atom stereocenters. The van der Waals surface area contributed by atoms with Gasteiger partial charge in [-0.1, -0.05) is 17.3 Å². The molecule has 0 spiro atoms. The summed E-state index contributed by atoms with van der Waals surface area (Å²) in [5.41, 5.74) is 0. The number of carbonyl (C=O) groups excluding carboxylic acids is 2. The van der Waals surface area contributed by atoms with Gasteiger partial charge in [0.1, 0.15) is 12.4 Å². The molecule has 2 rings (SSSR count). The summed E-state index contributed by atoms with van der Waals surface area (Å²) < 4.78 is 23.7. The number of aryl methyl sites for hydroxylation is 1. The van der Waals surface area contributed by atoms with Crippen LogP contribution >= 0.6 is 0 Å². The van der Waals surface area contributed by atoms with Crippen molar-refractivity contribution in [1.82, 2.24) is 15.0 Å². The van der Waals surface area contributed by atoms with E-state index in [0.717, 1.165) is 0 Å². The van der Waals surface area contributed by atoms with Crippen molar-refractivity contribution in [3.63, 3.8) is 0 Å². The third-order valence-electron chi connectivity index (χ3n) is 3.66. The predicted octanol–water partition coefficient (Wildman–Crippen LogP) is 1.53. The van der Waals surface area contributed by atoms with Crippen LogP contribution in [0.25, 0.3) is 0 Å². The lowest BCUT2D eigenvalue weighted by molar-refractivity contribution is -0.131. The lowest BCUT2D eigenvalue weighted by Gasteiger charge is -2.21. The van der Waals surface area contributed by atoms with Crippen LogP contribution in [0.3, 0.4) is 0 Å². The number of para-hydroxylation sites is 1. The first-order chi connectivity index (χ1) is 12.8. The monoisotopic (exact) mass is 378 g/mol. The fourth-order valence-electron chi connectivity index (χ4n) is 2.24. The van der Waals surface area contributed by atoms with E-state index in [1.807, 2.05) is 0 Å². The molecule has 0 fully saturated rings. The van der Waals surface area contributed by atoms with Crippen LogP contribution in [0, 0.1) is 12.7 Å².